The van der Waals surface area contributed by atoms with E-state index in [2.05, 4.69) is 15.9 Å². The van der Waals surface area contributed by atoms with Crippen molar-refractivity contribution in [2.24, 2.45) is 0 Å². The molecule has 2 aromatic carbocycles. The largest absolute Gasteiger partial charge is 0.480 e. The number of fused-ring (bicyclic) bond motifs is 1. The van der Waals surface area contributed by atoms with E-state index in [1.165, 1.54) is 4.90 Å². The van der Waals surface area contributed by atoms with Crippen LogP contribution in [0.25, 0.3) is 10.8 Å². The van der Waals surface area contributed by atoms with E-state index >= 15 is 0 Å². The van der Waals surface area contributed by atoms with E-state index in [4.69, 9.17) is 4.74 Å². The van der Waals surface area contributed by atoms with E-state index in [0.29, 0.717) is 5.75 Å². The standard InChI is InChI=1S/C15H16BrNO2/c1-10(15(18)17(2)3)19-13-9-8-11-6-4-5-7-12(11)14(13)16/h4-10H,1-3H3. The molecule has 0 aromatic heterocycles. The zero-order valence-electron chi connectivity index (χ0n) is 11.2. The SMILES string of the molecule is CC(Oc1ccc2ccccc2c1Br)C(=O)N(C)C. The third-order valence-corrected chi connectivity index (χ3v) is 3.74. The van der Waals surface area contributed by atoms with Gasteiger partial charge in [0, 0.05) is 14.1 Å². The topological polar surface area (TPSA) is 29.5 Å². The molecule has 2 rings (SSSR count). The number of carbonyl (C=O) groups is 1. The molecule has 3 nitrogen and oxygen atoms in total. The quantitative estimate of drug-likeness (QED) is 0.866. The van der Waals surface area contributed by atoms with Gasteiger partial charge in [-0.1, -0.05) is 30.3 Å². The summed E-state index contributed by atoms with van der Waals surface area (Å²) < 4.78 is 6.62. The second-order valence-corrected chi connectivity index (χ2v) is 5.38. The molecular formula is C15H16BrNO2. The van der Waals surface area contributed by atoms with Gasteiger partial charge in [-0.2, -0.15) is 0 Å². The number of hydrogen-bond acceptors (Lipinski definition) is 2. The van der Waals surface area contributed by atoms with Crippen LogP contribution in [0.1, 0.15) is 6.92 Å². The van der Waals surface area contributed by atoms with Gasteiger partial charge in [0.1, 0.15) is 5.75 Å². The van der Waals surface area contributed by atoms with Crippen molar-refractivity contribution >= 4 is 32.6 Å². The maximum atomic E-state index is 11.8. The van der Waals surface area contributed by atoms with Crippen LogP contribution in [0.2, 0.25) is 0 Å². The summed E-state index contributed by atoms with van der Waals surface area (Å²) in [6, 6.07) is 11.9. The Bertz CT molecular complexity index is 610. The van der Waals surface area contributed by atoms with Crippen LogP contribution in [0, 0.1) is 0 Å². The van der Waals surface area contributed by atoms with Crippen molar-refractivity contribution in [3.8, 4) is 5.75 Å². The molecule has 0 N–H and O–H groups in total. The number of amides is 1. The fourth-order valence-electron chi connectivity index (χ4n) is 1.91. The molecule has 100 valence electrons. The van der Waals surface area contributed by atoms with E-state index in [1.807, 2.05) is 36.4 Å². The van der Waals surface area contributed by atoms with E-state index in [-0.39, 0.29) is 5.91 Å². The molecule has 0 fully saturated rings. The van der Waals surface area contributed by atoms with Crippen molar-refractivity contribution in [1.82, 2.24) is 4.90 Å². The number of ether oxygens (including phenoxy) is 1. The summed E-state index contributed by atoms with van der Waals surface area (Å²) in [5.74, 6) is 0.626. The van der Waals surface area contributed by atoms with E-state index in [9.17, 15) is 4.79 Å². The average molecular weight is 322 g/mol. The van der Waals surface area contributed by atoms with Crippen LogP contribution < -0.4 is 4.74 Å². The van der Waals surface area contributed by atoms with Crippen molar-refractivity contribution in [3.63, 3.8) is 0 Å². The Labute approximate surface area is 121 Å². The normalized spacial score (nSPS) is 12.2. The highest BCUT2D eigenvalue weighted by molar-refractivity contribution is 9.10. The summed E-state index contributed by atoms with van der Waals surface area (Å²) in [4.78, 5) is 13.3. The molecule has 1 unspecified atom stereocenters. The minimum absolute atomic E-state index is 0.0555. The lowest BCUT2D eigenvalue weighted by atomic mass is 10.1. The third kappa shape index (κ3) is 2.89. The third-order valence-electron chi connectivity index (χ3n) is 2.92. The Morgan fingerprint density at radius 1 is 1.21 bits per heavy atom. The van der Waals surface area contributed by atoms with E-state index in [1.54, 1.807) is 21.0 Å². The lowest BCUT2D eigenvalue weighted by Gasteiger charge is -2.19. The van der Waals surface area contributed by atoms with Gasteiger partial charge in [0.05, 0.1) is 4.47 Å². The van der Waals surface area contributed by atoms with Crippen LogP contribution in [-0.4, -0.2) is 31.0 Å². The monoisotopic (exact) mass is 321 g/mol. The molecule has 2 aromatic rings. The minimum Gasteiger partial charge on any atom is -0.480 e. The Morgan fingerprint density at radius 2 is 1.89 bits per heavy atom. The Morgan fingerprint density at radius 3 is 2.58 bits per heavy atom. The summed E-state index contributed by atoms with van der Waals surface area (Å²) in [6.07, 6.45) is -0.507. The lowest BCUT2D eigenvalue weighted by molar-refractivity contribution is -0.135. The summed E-state index contributed by atoms with van der Waals surface area (Å²) in [5.41, 5.74) is 0. The Balaban J connectivity index is 2.31. The number of nitrogens with zero attached hydrogens (tertiary/aromatic N) is 1. The van der Waals surface area contributed by atoms with Crippen LogP contribution in [0.5, 0.6) is 5.75 Å². The molecule has 0 bridgehead atoms. The van der Waals surface area contributed by atoms with Gasteiger partial charge in [-0.25, -0.2) is 0 Å². The molecule has 0 aliphatic carbocycles. The Kier molecular flexibility index (Phi) is 4.10. The summed E-state index contributed by atoms with van der Waals surface area (Å²) >= 11 is 3.55. The van der Waals surface area contributed by atoms with Gasteiger partial charge >= 0.3 is 0 Å². The maximum absolute atomic E-state index is 11.8. The number of likely N-dealkylation sites (N-methyl/N-ethyl adjacent to an activating group) is 1. The van der Waals surface area contributed by atoms with Crippen LogP contribution in [0.15, 0.2) is 40.9 Å². The number of carbonyl (C=O) groups excluding carboxylic acids is 1. The number of halogens is 1. The molecule has 0 heterocycles. The van der Waals surface area contributed by atoms with Crippen LogP contribution in [0.3, 0.4) is 0 Å². The number of benzene rings is 2. The maximum Gasteiger partial charge on any atom is 0.262 e. The second-order valence-electron chi connectivity index (χ2n) is 4.59. The highest BCUT2D eigenvalue weighted by Gasteiger charge is 2.18. The van der Waals surface area contributed by atoms with Crippen LogP contribution >= 0.6 is 15.9 Å². The highest BCUT2D eigenvalue weighted by atomic mass is 79.9. The zero-order chi connectivity index (χ0) is 14.0. The molecule has 0 saturated carbocycles. The molecule has 0 spiro atoms. The van der Waals surface area contributed by atoms with Crippen molar-refractivity contribution in [2.75, 3.05) is 14.1 Å². The molecule has 1 atom stereocenters. The first-order chi connectivity index (χ1) is 9.00. The van der Waals surface area contributed by atoms with E-state index < -0.39 is 6.10 Å². The molecular weight excluding hydrogens is 306 g/mol. The highest BCUT2D eigenvalue weighted by Crippen LogP contribution is 2.33. The first-order valence-electron chi connectivity index (χ1n) is 6.06. The summed E-state index contributed by atoms with van der Waals surface area (Å²) in [7, 11) is 3.44. The predicted molar refractivity (Wildman–Crippen MR) is 80.4 cm³/mol. The lowest BCUT2D eigenvalue weighted by Crippen LogP contribution is -2.35. The van der Waals surface area contributed by atoms with Gasteiger partial charge < -0.3 is 9.64 Å². The van der Waals surface area contributed by atoms with Crippen molar-refractivity contribution in [1.29, 1.82) is 0 Å². The second kappa shape index (κ2) is 5.61. The smallest absolute Gasteiger partial charge is 0.262 e. The van der Waals surface area contributed by atoms with Gasteiger partial charge in [-0.3, -0.25) is 4.79 Å². The van der Waals surface area contributed by atoms with Gasteiger partial charge in [0.2, 0.25) is 0 Å². The number of hydrogen-bond donors (Lipinski definition) is 0. The van der Waals surface area contributed by atoms with Gasteiger partial charge in [0.25, 0.3) is 5.91 Å². The summed E-state index contributed by atoms with van der Waals surface area (Å²) in [6.45, 7) is 1.75. The Hall–Kier alpha value is -1.55. The first kappa shape index (κ1) is 13.9. The predicted octanol–water partition coefficient (Wildman–Crippen LogP) is 3.46. The average Bonchev–Trinajstić information content (AvgIpc) is 2.41. The molecule has 0 radical (unpaired) electrons. The molecule has 0 aliphatic heterocycles. The van der Waals surface area contributed by atoms with Gasteiger partial charge in [0.15, 0.2) is 6.10 Å². The fourth-order valence-corrected chi connectivity index (χ4v) is 2.50. The van der Waals surface area contributed by atoms with Crippen LogP contribution in [-0.2, 0) is 4.79 Å². The number of rotatable bonds is 3. The van der Waals surface area contributed by atoms with Crippen LogP contribution in [0.4, 0.5) is 0 Å². The van der Waals surface area contributed by atoms with E-state index in [0.717, 1.165) is 15.2 Å². The first-order valence-corrected chi connectivity index (χ1v) is 6.85. The molecule has 19 heavy (non-hydrogen) atoms. The minimum atomic E-state index is -0.507. The molecule has 0 aliphatic rings. The summed E-state index contributed by atoms with van der Waals surface area (Å²) in [5, 5.41) is 2.21. The molecule has 1 amide bonds. The van der Waals surface area contributed by atoms with Crippen molar-refractivity contribution < 1.29 is 9.53 Å². The van der Waals surface area contributed by atoms with Crippen molar-refractivity contribution in [2.45, 2.75) is 13.0 Å². The molecule has 4 heteroatoms. The fraction of sp³-hybridized carbons (Fsp3) is 0.267. The van der Waals surface area contributed by atoms with Gasteiger partial charge in [-0.15, -0.1) is 0 Å². The zero-order valence-corrected chi connectivity index (χ0v) is 12.8. The molecule has 0 saturated heterocycles. The van der Waals surface area contributed by atoms with Gasteiger partial charge in [-0.05, 0) is 39.7 Å². The van der Waals surface area contributed by atoms with Crippen molar-refractivity contribution in [3.05, 3.63) is 40.9 Å².